The minimum Gasteiger partial charge on any atom is -0.486 e. The second-order valence-corrected chi connectivity index (χ2v) is 8.80. The number of rotatable bonds is 4. The molecule has 1 spiro atoms. The number of Topliss-reactive ketones (excluding diaryl/α,β-unsaturated/α-hetero) is 2. The lowest BCUT2D eigenvalue weighted by atomic mass is 9.74. The molecule has 1 aliphatic carbocycles. The molecule has 3 aromatic carbocycles. The molecule has 1 saturated carbocycles. The van der Waals surface area contributed by atoms with E-state index in [0.717, 1.165) is 48.1 Å². The van der Waals surface area contributed by atoms with Crippen LogP contribution in [0.2, 0.25) is 0 Å². The van der Waals surface area contributed by atoms with Gasteiger partial charge in [-0.05, 0) is 72.7 Å². The first kappa shape index (κ1) is 20.6. The topological polar surface area (TPSA) is 43.4 Å². The van der Waals surface area contributed by atoms with E-state index in [2.05, 4.69) is 0 Å². The van der Waals surface area contributed by atoms with Crippen molar-refractivity contribution in [2.24, 2.45) is 0 Å². The predicted octanol–water partition coefficient (Wildman–Crippen LogP) is 6.25. The third kappa shape index (κ3) is 3.52. The zero-order chi connectivity index (χ0) is 22.5. The van der Waals surface area contributed by atoms with Crippen LogP contribution in [0, 0.1) is 18.6 Å². The molecule has 0 bridgehead atoms. The maximum Gasteiger partial charge on any atom is 0.173 e. The van der Waals surface area contributed by atoms with Gasteiger partial charge in [-0.3, -0.25) is 9.59 Å². The molecule has 162 valence electrons. The van der Waals surface area contributed by atoms with Crippen LogP contribution in [0.1, 0.15) is 57.5 Å². The Balaban J connectivity index is 1.39. The maximum absolute atomic E-state index is 13.9. The summed E-state index contributed by atoms with van der Waals surface area (Å²) in [5.74, 6) is -1.54. The highest BCUT2D eigenvalue weighted by atomic mass is 19.1. The molecule has 0 aromatic heterocycles. The summed E-state index contributed by atoms with van der Waals surface area (Å²) in [5, 5.41) is 0. The van der Waals surface area contributed by atoms with Crippen molar-refractivity contribution in [1.29, 1.82) is 0 Å². The average molecular weight is 432 g/mol. The first-order chi connectivity index (χ1) is 15.3. The number of fused-ring (bicyclic) bond motifs is 1. The van der Waals surface area contributed by atoms with Crippen LogP contribution in [0.25, 0.3) is 11.1 Å². The molecule has 5 heteroatoms. The minimum atomic E-state index is -0.855. The molecule has 32 heavy (non-hydrogen) atoms. The van der Waals surface area contributed by atoms with Gasteiger partial charge in [0.05, 0.1) is 17.5 Å². The van der Waals surface area contributed by atoms with E-state index in [1.165, 1.54) is 6.07 Å². The van der Waals surface area contributed by atoms with Crippen molar-refractivity contribution in [3.8, 4) is 16.9 Å². The van der Waals surface area contributed by atoms with Gasteiger partial charge in [-0.15, -0.1) is 0 Å². The lowest BCUT2D eigenvalue weighted by Crippen LogP contribution is -2.47. The Bertz CT molecular complexity index is 1220. The summed E-state index contributed by atoms with van der Waals surface area (Å²) < 4.78 is 34.0. The van der Waals surface area contributed by atoms with Crippen LogP contribution in [0.4, 0.5) is 8.78 Å². The summed E-state index contributed by atoms with van der Waals surface area (Å²) in [5.41, 5.74) is 3.26. The summed E-state index contributed by atoms with van der Waals surface area (Å²) >= 11 is 0. The molecular formula is C27H22F2O3. The summed E-state index contributed by atoms with van der Waals surface area (Å²) in [6, 6.07) is 14.5. The number of hydrogen-bond donors (Lipinski definition) is 0. The standard InChI is InChI=1S/C27H22F2O3/c1-16-12-25-20(24(31)15-27(32-25)10-3-11-27)14-19(16)18-8-6-17(7-9-18)13-23(30)26-21(28)4-2-5-22(26)29/h2,4-9,12,14H,3,10-11,13,15H2,1H3. The largest absolute Gasteiger partial charge is 0.486 e. The van der Waals surface area contributed by atoms with Crippen LogP contribution in [0.15, 0.2) is 54.6 Å². The van der Waals surface area contributed by atoms with Crippen molar-refractivity contribution >= 4 is 11.6 Å². The zero-order valence-electron chi connectivity index (χ0n) is 17.7. The molecule has 1 aliphatic heterocycles. The Hall–Kier alpha value is -3.34. The second kappa shape index (κ2) is 7.66. The van der Waals surface area contributed by atoms with Gasteiger partial charge in [0, 0.05) is 6.42 Å². The van der Waals surface area contributed by atoms with E-state index in [0.29, 0.717) is 23.3 Å². The van der Waals surface area contributed by atoms with Gasteiger partial charge in [0.2, 0.25) is 0 Å². The highest BCUT2D eigenvalue weighted by molar-refractivity contribution is 6.02. The fourth-order valence-electron chi connectivity index (χ4n) is 4.64. The van der Waals surface area contributed by atoms with Crippen molar-refractivity contribution in [3.63, 3.8) is 0 Å². The normalized spacial score (nSPS) is 16.3. The molecule has 0 unspecified atom stereocenters. The molecule has 0 amide bonds. The van der Waals surface area contributed by atoms with E-state index in [4.69, 9.17) is 4.74 Å². The Kier molecular flexibility index (Phi) is 4.92. The van der Waals surface area contributed by atoms with Gasteiger partial charge in [-0.1, -0.05) is 30.3 Å². The van der Waals surface area contributed by atoms with Crippen molar-refractivity contribution < 1.29 is 23.1 Å². The molecule has 0 radical (unpaired) electrons. The molecular weight excluding hydrogens is 410 g/mol. The summed E-state index contributed by atoms with van der Waals surface area (Å²) in [7, 11) is 0. The smallest absolute Gasteiger partial charge is 0.173 e. The lowest BCUT2D eigenvalue weighted by molar-refractivity contribution is -0.0177. The van der Waals surface area contributed by atoms with Gasteiger partial charge in [-0.25, -0.2) is 8.78 Å². The van der Waals surface area contributed by atoms with Crippen LogP contribution in [0.3, 0.4) is 0 Å². The van der Waals surface area contributed by atoms with Crippen LogP contribution in [-0.2, 0) is 6.42 Å². The number of carbonyl (C=O) groups excluding carboxylic acids is 2. The number of hydrogen-bond acceptors (Lipinski definition) is 3. The second-order valence-electron chi connectivity index (χ2n) is 8.80. The SMILES string of the molecule is Cc1cc2c(cc1-c1ccc(CC(=O)c3c(F)cccc3F)cc1)C(=O)CC1(CCC1)O2. The number of aryl methyl sites for hydroxylation is 1. The molecule has 1 fully saturated rings. The van der Waals surface area contributed by atoms with Gasteiger partial charge in [0.15, 0.2) is 11.6 Å². The first-order valence-electron chi connectivity index (χ1n) is 10.8. The van der Waals surface area contributed by atoms with E-state index in [9.17, 15) is 18.4 Å². The van der Waals surface area contributed by atoms with Crippen LogP contribution >= 0.6 is 0 Å². The number of halogens is 2. The highest BCUT2D eigenvalue weighted by Crippen LogP contribution is 2.46. The van der Waals surface area contributed by atoms with E-state index in [1.807, 2.05) is 31.2 Å². The molecule has 0 saturated heterocycles. The Morgan fingerprint density at radius 3 is 2.31 bits per heavy atom. The zero-order valence-corrected chi connectivity index (χ0v) is 17.7. The van der Waals surface area contributed by atoms with Crippen LogP contribution in [0.5, 0.6) is 5.75 Å². The first-order valence-corrected chi connectivity index (χ1v) is 10.8. The average Bonchev–Trinajstić information content (AvgIpc) is 2.72. The molecule has 3 nitrogen and oxygen atoms in total. The summed E-state index contributed by atoms with van der Waals surface area (Å²) in [4.78, 5) is 25.2. The van der Waals surface area contributed by atoms with E-state index in [1.54, 1.807) is 12.1 Å². The van der Waals surface area contributed by atoms with Crippen molar-refractivity contribution in [1.82, 2.24) is 0 Å². The van der Waals surface area contributed by atoms with Gasteiger partial charge < -0.3 is 4.74 Å². The van der Waals surface area contributed by atoms with Gasteiger partial charge >= 0.3 is 0 Å². The quantitative estimate of drug-likeness (QED) is 0.458. The van der Waals surface area contributed by atoms with E-state index >= 15 is 0 Å². The Labute approximate surface area is 185 Å². The number of carbonyl (C=O) groups is 2. The Morgan fingerprint density at radius 1 is 1.00 bits per heavy atom. The maximum atomic E-state index is 13.9. The number of ketones is 2. The fourth-order valence-corrected chi connectivity index (χ4v) is 4.64. The minimum absolute atomic E-state index is 0.101. The highest BCUT2D eigenvalue weighted by Gasteiger charge is 2.45. The molecule has 2 aliphatic rings. The summed E-state index contributed by atoms with van der Waals surface area (Å²) in [6.07, 6.45) is 3.27. The third-order valence-electron chi connectivity index (χ3n) is 6.57. The fraction of sp³-hybridized carbons (Fsp3) is 0.259. The molecule has 3 aromatic rings. The van der Waals surface area contributed by atoms with Crippen molar-refractivity contribution in [2.45, 2.75) is 44.6 Å². The van der Waals surface area contributed by atoms with Crippen LogP contribution in [-0.4, -0.2) is 17.2 Å². The van der Waals surface area contributed by atoms with E-state index < -0.39 is 23.0 Å². The number of benzene rings is 3. The van der Waals surface area contributed by atoms with Gasteiger partial charge in [-0.2, -0.15) is 0 Å². The van der Waals surface area contributed by atoms with Gasteiger partial charge in [0.25, 0.3) is 0 Å². The summed E-state index contributed by atoms with van der Waals surface area (Å²) in [6.45, 7) is 1.98. The van der Waals surface area contributed by atoms with Crippen LogP contribution < -0.4 is 4.74 Å². The monoisotopic (exact) mass is 432 g/mol. The lowest BCUT2D eigenvalue weighted by Gasteiger charge is -2.44. The molecule has 5 rings (SSSR count). The third-order valence-corrected chi connectivity index (χ3v) is 6.57. The molecule has 1 heterocycles. The molecule has 0 N–H and O–H groups in total. The van der Waals surface area contributed by atoms with E-state index in [-0.39, 0.29) is 17.8 Å². The predicted molar refractivity (Wildman–Crippen MR) is 117 cm³/mol. The van der Waals surface area contributed by atoms with Crippen molar-refractivity contribution in [3.05, 3.63) is 88.5 Å². The molecule has 0 atom stereocenters. The van der Waals surface area contributed by atoms with Gasteiger partial charge in [0.1, 0.15) is 23.0 Å². The van der Waals surface area contributed by atoms with Crippen molar-refractivity contribution in [2.75, 3.05) is 0 Å². The number of ether oxygens (including phenoxy) is 1. The Morgan fingerprint density at radius 2 is 1.69 bits per heavy atom.